The van der Waals surface area contributed by atoms with E-state index in [1.807, 2.05) is 55.5 Å². The summed E-state index contributed by atoms with van der Waals surface area (Å²) in [5.41, 5.74) is 4.76. The Morgan fingerprint density at radius 2 is 1.87 bits per heavy atom. The Morgan fingerprint density at radius 1 is 1.08 bits per heavy atom. The molecule has 2 aromatic carbocycles. The Labute approximate surface area is 221 Å². The lowest BCUT2D eigenvalue weighted by molar-refractivity contribution is 0.161. The van der Waals surface area contributed by atoms with Crippen molar-refractivity contribution < 1.29 is 9.15 Å². The maximum Gasteiger partial charge on any atom is 0.252 e. The standard InChI is InChI=1S/C29H32N6O3/c1-5-26(28-31-32-33-35(28)18-24-7-6-14-38-24)34(16-21-10-12-23(37-4)13-11-21)17-22-15-25-19(2)8-9-20(3)27(25)30-29(22)36/h6-15,26H,5,16-18H2,1-4H3,(H,30,36)/t26-/m0/s1. The van der Waals surface area contributed by atoms with Crippen LogP contribution in [0.1, 0.15) is 53.2 Å². The van der Waals surface area contributed by atoms with E-state index in [9.17, 15) is 4.79 Å². The molecule has 9 heteroatoms. The third-order valence-electron chi connectivity index (χ3n) is 7.01. The van der Waals surface area contributed by atoms with Crippen molar-refractivity contribution in [3.8, 4) is 5.75 Å². The van der Waals surface area contributed by atoms with Gasteiger partial charge in [0.05, 0.1) is 24.9 Å². The van der Waals surface area contributed by atoms with Crippen LogP contribution in [-0.2, 0) is 19.6 Å². The molecule has 196 valence electrons. The zero-order valence-corrected chi connectivity index (χ0v) is 22.1. The predicted molar refractivity (Wildman–Crippen MR) is 145 cm³/mol. The summed E-state index contributed by atoms with van der Waals surface area (Å²) >= 11 is 0. The predicted octanol–water partition coefficient (Wildman–Crippen LogP) is 4.93. The highest BCUT2D eigenvalue weighted by Gasteiger charge is 2.26. The molecule has 0 radical (unpaired) electrons. The van der Waals surface area contributed by atoms with Crippen molar-refractivity contribution in [3.05, 3.63) is 105 Å². The maximum atomic E-state index is 13.3. The third-order valence-corrected chi connectivity index (χ3v) is 7.01. The number of hydrogen-bond donors (Lipinski definition) is 1. The van der Waals surface area contributed by atoms with Gasteiger partial charge in [-0.15, -0.1) is 5.10 Å². The van der Waals surface area contributed by atoms with Gasteiger partial charge in [0.1, 0.15) is 18.1 Å². The van der Waals surface area contributed by atoms with Gasteiger partial charge in [0.2, 0.25) is 0 Å². The number of rotatable bonds is 10. The summed E-state index contributed by atoms with van der Waals surface area (Å²) in [5.74, 6) is 2.29. The second-order valence-corrected chi connectivity index (χ2v) is 9.56. The summed E-state index contributed by atoms with van der Waals surface area (Å²) in [5, 5.41) is 13.7. The molecule has 0 aliphatic heterocycles. The van der Waals surface area contributed by atoms with E-state index in [1.54, 1.807) is 18.1 Å². The summed E-state index contributed by atoms with van der Waals surface area (Å²) in [6.07, 6.45) is 2.39. The van der Waals surface area contributed by atoms with E-state index in [0.29, 0.717) is 25.2 Å². The van der Waals surface area contributed by atoms with Gasteiger partial charge in [-0.05, 0) is 77.7 Å². The number of furan rings is 1. The Hall–Kier alpha value is -4.24. The first-order chi connectivity index (χ1) is 18.5. The number of tetrazole rings is 1. The minimum absolute atomic E-state index is 0.0871. The molecule has 9 nitrogen and oxygen atoms in total. The van der Waals surface area contributed by atoms with E-state index in [4.69, 9.17) is 9.15 Å². The molecule has 0 bridgehead atoms. The second-order valence-electron chi connectivity index (χ2n) is 9.56. The quantitative estimate of drug-likeness (QED) is 0.283. The molecule has 0 unspecified atom stereocenters. The topological polar surface area (TPSA) is 102 Å². The smallest absolute Gasteiger partial charge is 0.252 e. The molecule has 0 saturated heterocycles. The van der Waals surface area contributed by atoms with Gasteiger partial charge in [-0.1, -0.05) is 31.2 Å². The van der Waals surface area contributed by atoms with Gasteiger partial charge in [0.25, 0.3) is 5.56 Å². The molecular weight excluding hydrogens is 480 g/mol. The fourth-order valence-electron chi connectivity index (χ4n) is 4.91. The van der Waals surface area contributed by atoms with E-state index < -0.39 is 0 Å². The molecule has 5 aromatic rings. The van der Waals surface area contributed by atoms with Crippen molar-refractivity contribution >= 4 is 10.9 Å². The van der Waals surface area contributed by atoms with Crippen molar-refractivity contribution in [2.75, 3.05) is 7.11 Å². The van der Waals surface area contributed by atoms with Crippen LogP contribution < -0.4 is 10.3 Å². The fraction of sp³-hybridized carbons (Fsp3) is 0.310. The van der Waals surface area contributed by atoms with Gasteiger partial charge in [-0.2, -0.15) is 0 Å². The van der Waals surface area contributed by atoms with Gasteiger partial charge in [0.15, 0.2) is 5.82 Å². The Balaban J connectivity index is 1.54. The number of pyridine rings is 1. The van der Waals surface area contributed by atoms with Crippen LogP contribution in [0, 0.1) is 13.8 Å². The van der Waals surface area contributed by atoms with E-state index >= 15 is 0 Å². The number of nitrogens with zero attached hydrogens (tertiary/aromatic N) is 5. The number of hydrogen-bond acceptors (Lipinski definition) is 7. The van der Waals surface area contributed by atoms with Crippen LogP contribution >= 0.6 is 0 Å². The summed E-state index contributed by atoms with van der Waals surface area (Å²) in [6, 6.07) is 17.7. The molecule has 3 heterocycles. The lowest BCUT2D eigenvalue weighted by Gasteiger charge is -2.30. The normalized spacial score (nSPS) is 12.3. The number of nitrogens with one attached hydrogen (secondary N) is 1. The average molecular weight is 513 g/mol. The average Bonchev–Trinajstić information content (AvgIpc) is 3.61. The summed E-state index contributed by atoms with van der Waals surface area (Å²) < 4.78 is 12.7. The molecule has 1 N–H and O–H groups in total. The van der Waals surface area contributed by atoms with E-state index in [-0.39, 0.29) is 11.6 Å². The highest BCUT2D eigenvalue weighted by molar-refractivity contribution is 5.85. The molecule has 38 heavy (non-hydrogen) atoms. The molecule has 1 atom stereocenters. The number of aromatic amines is 1. The molecule has 3 aromatic heterocycles. The molecule has 0 saturated carbocycles. The first kappa shape index (κ1) is 25.4. The van der Waals surface area contributed by atoms with Crippen molar-refractivity contribution in [3.63, 3.8) is 0 Å². The first-order valence-electron chi connectivity index (χ1n) is 12.7. The number of ether oxygens (including phenoxy) is 1. The number of benzene rings is 2. The van der Waals surface area contributed by atoms with Crippen LogP contribution in [-0.4, -0.2) is 37.2 Å². The van der Waals surface area contributed by atoms with Crippen LogP contribution in [0.4, 0.5) is 0 Å². The molecule has 0 spiro atoms. The minimum atomic E-state index is -0.143. The third kappa shape index (κ3) is 5.24. The summed E-state index contributed by atoms with van der Waals surface area (Å²) in [7, 11) is 1.66. The van der Waals surface area contributed by atoms with Gasteiger partial charge in [-0.25, -0.2) is 4.68 Å². The number of methoxy groups -OCH3 is 1. The highest BCUT2D eigenvalue weighted by Crippen LogP contribution is 2.28. The Kier molecular flexibility index (Phi) is 7.37. The SMILES string of the molecule is CC[C@@H](c1nnnn1Cc1ccco1)N(Cc1ccc(OC)cc1)Cc1cc2c(C)ccc(C)c2[nH]c1=O. The van der Waals surface area contributed by atoms with Crippen LogP contribution in [0.25, 0.3) is 10.9 Å². The van der Waals surface area contributed by atoms with Crippen LogP contribution in [0.15, 0.2) is 70.1 Å². The molecular formula is C29H32N6O3. The van der Waals surface area contributed by atoms with E-state index in [0.717, 1.165) is 51.3 Å². The number of aromatic nitrogens is 5. The zero-order valence-electron chi connectivity index (χ0n) is 22.1. The largest absolute Gasteiger partial charge is 0.497 e. The molecule has 0 aliphatic carbocycles. The Bertz CT molecular complexity index is 1570. The number of aryl methyl sites for hydroxylation is 2. The lowest BCUT2D eigenvalue weighted by Crippen LogP contribution is -2.32. The van der Waals surface area contributed by atoms with Gasteiger partial charge < -0.3 is 14.1 Å². The summed E-state index contributed by atoms with van der Waals surface area (Å²) in [6.45, 7) is 7.64. The first-order valence-corrected chi connectivity index (χ1v) is 12.7. The lowest BCUT2D eigenvalue weighted by atomic mass is 10.0. The van der Waals surface area contributed by atoms with Gasteiger partial charge in [0, 0.05) is 24.0 Å². The molecule has 5 rings (SSSR count). The monoisotopic (exact) mass is 512 g/mol. The van der Waals surface area contributed by atoms with Crippen molar-refractivity contribution in [2.24, 2.45) is 0 Å². The summed E-state index contributed by atoms with van der Waals surface area (Å²) in [4.78, 5) is 18.7. The van der Waals surface area contributed by atoms with E-state index in [1.165, 1.54) is 0 Å². The number of H-pyrrole nitrogens is 1. The molecule has 0 amide bonds. The van der Waals surface area contributed by atoms with Crippen molar-refractivity contribution in [1.29, 1.82) is 0 Å². The zero-order chi connectivity index (χ0) is 26.6. The Morgan fingerprint density at radius 3 is 2.58 bits per heavy atom. The van der Waals surface area contributed by atoms with Crippen LogP contribution in [0.5, 0.6) is 5.75 Å². The van der Waals surface area contributed by atoms with Gasteiger partial charge in [-0.3, -0.25) is 9.69 Å². The highest BCUT2D eigenvalue weighted by atomic mass is 16.5. The fourth-order valence-corrected chi connectivity index (χ4v) is 4.91. The number of fused-ring (bicyclic) bond motifs is 1. The minimum Gasteiger partial charge on any atom is -0.497 e. The molecule has 0 aliphatic rings. The van der Waals surface area contributed by atoms with Crippen molar-refractivity contribution in [1.82, 2.24) is 30.1 Å². The maximum absolute atomic E-state index is 13.3. The second kappa shape index (κ2) is 11.0. The molecule has 0 fully saturated rings. The van der Waals surface area contributed by atoms with Crippen LogP contribution in [0.3, 0.4) is 0 Å². The van der Waals surface area contributed by atoms with Crippen molar-refractivity contribution in [2.45, 2.75) is 52.9 Å². The van der Waals surface area contributed by atoms with E-state index in [2.05, 4.69) is 45.3 Å². The van der Waals surface area contributed by atoms with Gasteiger partial charge >= 0.3 is 0 Å². The van der Waals surface area contributed by atoms with Crippen LogP contribution in [0.2, 0.25) is 0 Å².